The predicted molar refractivity (Wildman–Crippen MR) is 88.8 cm³/mol. The molecule has 0 radical (unpaired) electrons. The van der Waals surface area contributed by atoms with Gasteiger partial charge in [-0.3, -0.25) is 4.79 Å². The van der Waals surface area contributed by atoms with E-state index in [4.69, 9.17) is 5.73 Å². The van der Waals surface area contributed by atoms with Crippen LogP contribution < -0.4 is 5.73 Å². The lowest BCUT2D eigenvalue weighted by Gasteiger charge is -2.37. The number of aryl methyl sites for hydroxylation is 1. The molecule has 22 heavy (non-hydrogen) atoms. The summed E-state index contributed by atoms with van der Waals surface area (Å²) in [5, 5.41) is 1.10. The third kappa shape index (κ3) is 2.71. The Morgan fingerprint density at radius 3 is 2.95 bits per heavy atom. The average Bonchev–Trinajstić information content (AvgIpc) is 2.54. The molecule has 0 aliphatic carbocycles. The molecule has 3 rings (SSSR count). The number of carbonyl (C=O) groups excluding carboxylic acids is 1. The lowest BCUT2D eigenvalue weighted by atomic mass is 9.92. The zero-order valence-electron chi connectivity index (χ0n) is 13.2. The smallest absolute Gasteiger partial charge is 0.272 e. The zero-order chi connectivity index (χ0) is 15.7. The SMILES string of the molecule is Cc1cc(C(=O)N2CCC(C)CC2CN)nc2ccccc12. The van der Waals surface area contributed by atoms with E-state index in [1.165, 1.54) is 0 Å². The fourth-order valence-electron chi connectivity index (χ4n) is 3.35. The third-order valence-electron chi connectivity index (χ3n) is 4.65. The van der Waals surface area contributed by atoms with Gasteiger partial charge in [-0.2, -0.15) is 0 Å². The molecule has 1 fully saturated rings. The van der Waals surface area contributed by atoms with Crippen LogP contribution in [0.4, 0.5) is 0 Å². The first-order chi connectivity index (χ1) is 10.6. The van der Waals surface area contributed by atoms with E-state index >= 15 is 0 Å². The maximum Gasteiger partial charge on any atom is 0.272 e. The molecular weight excluding hydrogens is 274 g/mol. The summed E-state index contributed by atoms with van der Waals surface area (Å²) in [5.74, 6) is 0.639. The van der Waals surface area contributed by atoms with E-state index in [0.29, 0.717) is 18.2 Å². The maximum atomic E-state index is 12.9. The molecule has 0 saturated carbocycles. The summed E-state index contributed by atoms with van der Waals surface area (Å²) in [6.07, 6.45) is 2.02. The molecule has 1 aromatic carbocycles. The number of likely N-dealkylation sites (tertiary alicyclic amines) is 1. The van der Waals surface area contributed by atoms with E-state index in [-0.39, 0.29) is 11.9 Å². The van der Waals surface area contributed by atoms with Gasteiger partial charge in [-0.1, -0.05) is 25.1 Å². The Bertz CT molecular complexity index is 698. The minimum atomic E-state index is 0.0104. The highest BCUT2D eigenvalue weighted by Gasteiger charge is 2.30. The van der Waals surface area contributed by atoms with E-state index in [0.717, 1.165) is 35.9 Å². The molecule has 0 bridgehead atoms. The second-order valence-electron chi connectivity index (χ2n) is 6.36. The summed E-state index contributed by atoms with van der Waals surface area (Å²) in [7, 11) is 0. The van der Waals surface area contributed by atoms with Crippen LogP contribution in [-0.4, -0.2) is 34.9 Å². The zero-order valence-corrected chi connectivity index (χ0v) is 13.2. The van der Waals surface area contributed by atoms with Crippen LogP contribution in [0.25, 0.3) is 10.9 Å². The summed E-state index contributed by atoms with van der Waals surface area (Å²) < 4.78 is 0. The summed E-state index contributed by atoms with van der Waals surface area (Å²) in [6.45, 7) is 5.54. The van der Waals surface area contributed by atoms with Gasteiger partial charge in [0.25, 0.3) is 5.91 Å². The quantitative estimate of drug-likeness (QED) is 0.927. The average molecular weight is 297 g/mol. The van der Waals surface area contributed by atoms with Gasteiger partial charge < -0.3 is 10.6 Å². The molecule has 116 valence electrons. The van der Waals surface area contributed by atoms with Crippen molar-refractivity contribution in [2.75, 3.05) is 13.1 Å². The standard InChI is InChI=1S/C18H23N3O/c1-12-7-8-21(14(9-12)11-19)18(22)17-10-13(2)15-5-3-4-6-16(15)20-17/h3-6,10,12,14H,7-9,11,19H2,1-2H3. The number of para-hydroxylation sites is 1. The number of carbonyl (C=O) groups is 1. The minimum absolute atomic E-state index is 0.0104. The van der Waals surface area contributed by atoms with Crippen molar-refractivity contribution in [1.29, 1.82) is 0 Å². The van der Waals surface area contributed by atoms with Crippen LogP contribution in [0, 0.1) is 12.8 Å². The molecule has 1 aliphatic heterocycles. The molecule has 1 aromatic heterocycles. The lowest BCUT2D eigenvalue weighted by Crippen LogP contribution is -2.49. The van der Waals surface area contributed by atoms with E-state index in [1.54, 1.807) is 0 Å². The van der Waals surface area contributed by atoms with Gasteiger partial charge in [-0.25, -0.2) is 4.98 Å². The largest absolute Gasteiger partial charge is 0.333 e. The van der Waals surface area contributed by atoms with Crippen LogP contribution in [0.15, 0.2) is 30.3 Å². The van der Waals surface area contributed by atoms with Crippen molar-refractivity contribution >= 4 is 16.8 Å². The fraction of sp³-hybridized carbons (Fsp3) is 0.444. The summed E-state index contributed by atoms with van der Waals surface area (Å²) in [6, 6.07) is 9.97. The van der Waals surface area contributed by atoms with Gasteiger partial charge in [0.1, 0.15) is 5.69 Å². The van der Waals surface area contributed by atoms with Crippen molar-refractivity contribution < 1.29 is 4.79 Å². The van der Waals surface area contributed by atoms with Gasteiger partial charge in [-0.05, 0) is 43.4 Å². The second-order valence-corrected chi connectivity index (χ2v) is 6.36. The maximum absolute atomic E-state index is 12.9. The number of rotatable bonds is 2. The monoisotopic (exact) mass is 297 g/mol. The molecule has 2 unspecified atom stereocenters. The molecule has 0 spiro atoms. The number of nitrogens with two attached hydrogens (primary N) is 1. The van der Waals surface area contributed by atoms with Crippen molar-refractivity contribution in [3.05, 3.63) is 41.6 Å². The van der Waals surface area contributed by atoms with E-state index in [9.17, 15) is 4.79 Å². The molecule has 1 aliphatic rings. The second kappa shape index (κ2) is 6.05. The highest BCUT2D eigenvalue weighted by molar-refractivity contribution is 5.96. The molecule has 4 nitrogen and oxygen atoms in total. The van der Waals surface area contributed by atoms with Crippen LogP contribution in [-0.2, 0) is 0 Å². The topological polar surface area (TPSA) is 59.2 Å². The number of benzene rings is 1. The number of hydrogen-bond acceptors (Lipinski definition) is 3. The third-order valence-corrected chi connectivity index (χ3v) is 4.65. The number of nitrogens with zero attached hydrogens (tertiary/aromatic N) is 2. The number of pyridine rings is 1. The number of hydrogen-bond donors (Lipinski definition) is 1. The fourth-order valence-corrected chi connectivity index (χ4v) is 3.35. The van der Waals surface area contributed by atoms with E-state index in [2.05, 4.69) is 11.9 Å². The van der Waals surface area contributed by atoms with Crippen molar-refractivity contribution in [3.8, 4) is 0 Å². The Balaban J connectivity index is 1.94. The van der Waals surface area contributed by atoms with Gasteiger partial charge in [0.15, 0.2) is 0 Å². The van der Waals surface area contributed by atoms with Gasteiger partial charge in [0, 0.05) is 24.5 Å². The Labute approximate surface area is 131 Å². The predicted octanol–water partition coefficient (Wildman–Crippen LogP) is 2.74. The normalized spacial score (nSPS) is 22.0. The first-order valence-corrected chi connectivity index (χ1v) is 7.97. The van der Waals surface area contributed by atoms with Crippen LogP contribution in [0.5, 0.6) is 0 Å². The van der Waals surface area contributed by atoms with E-state index < -0.39 is 0 Å². The summed E-state index contributed by atoms with van der Waals surface area (Å²) >= 11 is 0. The van der Waals surface area contributed by atoms with Gasteiger partial charge in [0.05, 0.1) is 5.52 Å². The van der Waals surface area contributed by atoms with E-state index in [1.807, 2.05) is 42.2 Å². The number of piperidine rings is 1. The number of aromatic nitrogens is 1. The van der Waals surface area contributed by atoms with Gasteiger partial charge in [-0.15, -0.1) is 0 Å². The van der Waals surface area contributed by atoms with Crippen LogP contribution in [0.2, 0.25) is 0 Å². The van der Waals surface area contributed by atoms with Gasteiger partial charge >= 0.3 is 0 Å². The van der Waals surface area contributed by atoms with Crippen molar-refractivity contribution in [2.24, 2.45) is 11.7 Å². The summed E-state index contributed by atoms with van der Waals surface area (Å²) in [4.78, 5) is 19.4. The van der Waals surface area contributed by atoms with Crippen LogP contribution >= 0.6 is 0 Å². The molecule has 2 atom stereocenters. The molecular formula is C18H23N3O. The van der Waals surface area contributed by atoms with Gasteiger partial charge in [0.2, 0.25) is 0 Å². The molecule has 1 saturated heterocycles. The van der Waals surface area contributed by atoms with Crippen molar-refractivity contribution in [2.45, 2.75) is 32.7 Å². The molecule has 4 heteroatoms. The Hall–Kier alpha value is -1.94. The number of amides is 1. The Morgan fingerprint density at radius 1 is 1.41 bits per heavy atom. The Kier molecular flexibility index (Phi) is 4.12. The van der Waals surface area contributed by atoms with Crippen molar-refractivity contribution in [1.82, 2.24) is 9.88 Å². The van der Waals surface area contributed by atoms with Crippen LogP contribution in [0.3, 0.4) is 0 Å². The molecule has 2 N–H and O–H groups in total. The first-order valence-electron chi connectivity index (χ1n) is 7.97. The first kappa shape index (κ1) is 15.0. The minimum Gasteiger partial charge on any atom is -0.333 e. The van der Waals surface area contributed by atoms with Crippen LogP contribution in [0.1, 0.15) is 35.8 Å². The lowest BCUT2D eigenvalue weighted by molar-refractivity contribution is 0.0568. The summed E-state index contributed by atoms with van der Waals surface area (Å²) in [5.41, 5.74) is 8.37. The molecule has 2 heterocycles. The molecule has 1 amide bonds. The highest BCUT2D eigenvalue weighted by Crippen LogP contribution is 2.24. The highest BCUT2D eigenvalue weighted by atomic mass is 16.2. The molecule has 2 aromatic rings. The number of fused-ring (bicyclic) bond motifs is 1. The Morgan fingerprint density at radius 2 is 2.18 bits per heavy atom. The van der Waals surface area contributed by atoms with Crippen molar-refractivity contribution in [3.63, 3.8) is 0 Å².